The molecule has 0 aliphatic carbocycles. The highest BCUT2D eigenvalue weighted by molar-refractivity contribution is 6.36. The number of halogens is 2. The average molecular weight is 361 g/mol. The number of unbranched alkanes of at least 4 members (excludes halogenated alkanes) is 11. The Hall–Kier alpha value is -0.713. The second-order valence-electron chi connectivity index (χ2n) is 6.41. The van der Waals surface area contributed by atoms with Gasteiger partial charge >= 0.3 is 5.97 Å². The maximum absolute atomic E-state index is 11.9. The van der Waals surface area contributed by atoms with Gasteiger partial charge in [-0.25, -0.2) is 13.6 Å². The molecule has 0 rings (SSSR count). The molecular formula is C19H34F2O2Si. The lowest BCUT2D eigenvalue weighted by Crippen LogP contribution is -2.05. The van der Waals surface area contributed by atoms with Crippen LogP contribution in [0.15, 0.2) is 12.2 Å². The SMILES string of the molecule is C=C(C)C(=O)OCCCCCCCCCCCCCC[Si]C(F)F. The summed E-state index contributed by atoms with van der Waals surface area (Å²) in [6.07, 6.45) is 14.1. The maximum atomic E-state index is 11.9. The van der Waals surface area contributed by atoms with E-state index in [4.69, 9.17) is 4.74 Å². The highest BCUT2D eigenvalue weighted by atomic mass is 28.2. The van der Waals surface area contributed by atoms with E-state index in [0.717, 1.165) is 25.7 Å². The van der Waals surface area contributed by atoms with Crippen LogP contribution in [-0.4, -0.2) is 28.1 Å². The number of esters is 1. The fourth-order valence-corrected chi connectivity index (χ4v) is 3.17. The fraction of sp³-hybridized carbons (Fsp3) is 0.842. The highest BCUT2D eigenvalue weighted by Gasteiger charge is 2.03. The lowest BCUT2D eigenvalue weighted by molar-refractivity contribution is -0.139. The number of hydrogen-bond donors (Lipinski definition) is 0. The van der Waals surface area contributed by atoms with E-state index in [2.05, 4.69) is 6.58 Å². The predicted octanol–water partition coefficient (Wildman–Crippen LogP) is 6.13. The van der Waals surface area contributed by atoms with Crippen LogP contribution in [0.2, 0.25) is 6.04 Å². The van der Waals surface area contributed by atoms with Crippen LogP contribution in [-0.2, 0) is 9.53 Å². The van der Waals surface area contributed by atoms with Crippen molar-refractivity contribution in [3.63, 3.8) is 0 Å². The van der Waals surface area contributed by atoms with Crippen molar-refractivity contribution in [3.8, 4) is 0 Å². The van der Waals surface area contributed by atoms with Gasteiger partial charge in [-0.3, -0.25) is 0 Å². The van der Waals surface area contributed by atoms with Gasteiger partial charge in [0.1, 0.15) is 9.52 Å². The van der Waals surface area contributed by atoms with Crippen molar-refractivity contribution >= 4 is 15.5 Å². The molecule has 0 atom stereocenters. The van der Waals surface area contributed by atoms with Gasteiger partial charge in [0.2, 0.25) is 6.05 Å². The number of alkyl halides is 2. The van der Waals surface area contributed by atoms with Gasteiger partial charge in [0.15, 0.2) is 0 Å². The molecular weight excluding hydrogens is 326 g/mol. The van der Waals surface area contributed by atoms with Gasteiger partial charge in [0, 0.05) is 5.57 Å². The van der Waals surface area contributed by atoms with E-state index in [1.165, 1.54) is 51.4 Å². The molecule has 0 aliphatic rings. The Kier molecular flexibility index (Phi) is 16.6. The summed E-state index contributed by atoms with van der Waals surface area (Å²) in [7, 11) is -0.164. The largest absolute Gasteiger partial charge is 0.462 e. The van der Waals surface area contributed by atoms with Crippen LogP contribution >= 0.6 is 0 Å². The smallest absolute Gasteiger partial charge is 0.333 e. The Bertz CT molecular complexity index is 322. The average Bonchev–Trinajstić information content (AvgIpc) is 2.53. The normalized spacial score (nSPS) is 11.0. The van der Waals surface area contributed by atoms with Gasteiger partial charge in [0.05, 0.1) is 6.61 Å². The third-order valence-corrected chi connectivity index (χ3v) is 4.90. The lowest BCUT2D eigenvalue weighted by atomic mass is 10.1. The standard InChI is InChI=1S/C19H34F2O2Si/c1-17(2)18(22)23-15-13-11-9-7-5-3-4-6-8-10-12-14-16-24-19(20)21/h19H,1,3-16H2,2H3. The topological polar surface area (TPSA) is 26.3 Å². The Morgan fingerprint density at radius 2 is 1.29 bits per heavy atom. The molecule has 0 aromatic carbocycles. The summed E-state index contributed by atoms with van der Waals surface area (Å²) in [5.74, 6) is -0.288. The third kappa shape index (κ3) is 17.6. The maximum Gasteiger partial charge on any atom is 0.333 e. The molecule has 0 aromatic heterocycles. The molecule has 0 aromatic rings. The molecule has 0 heterocycles. The first-order valence-corrected chi connectivity index (χ1v) is 10.7. The van der Waals surface area contributed by atoms with E-state index in [1.807, 2.05) is 0 Å². The molecule has 0 unspecified atom stereocenters. The molecule has 0 saturated heterocycles. The molecule has 0 fully saturated rings. The predicted molar refractivity (Wildman–Crippen MR) is 97.7 cm³/mol. The second kappa shape index (κ2) is 17.1. The summed E-state index contributed by atoms with van der Waals surface area (Å²) in [6.45, 7) is 5.71. The van der Waals surface area contributed by atoms with Crippen LogP contribution in [0.25, 0.3) is 0 Å². The number of carbonyl (C=O) groups is 1. The molecule has 5 heteroatoms. The van der Waals surface area contributed by atoms with Crippen molar-refractivity contribution in [1.82, 2.24) is 0 Å². The summed E-state index contributed by atoms with van der Waals surface area (Å²) in [5.41, 5.74) is 0.462. The Morgan fingerprint density at radius 1 is 0.875 bits per heavy atom. The van der Waals surface area contributed by atoms with E-state index in [1.54, 1.807) is 6.92 Å². The van der Waals surface area contributed by atoms with Gasteiger partial charge in [-0.05, 0) is 13.3 Å². The molecule has 0 aliphatic heterocycles. The van der Waals surface area contributed by atoms with Crippen LogP contribution < -0.4 is 0 Å². The zero-order valence-corrected chi connectivity index (χ0v) is 16.3. The number of carbonyl (C=O) groups excluding carboxylic acids is 1. The molecule has 2 radical (unpaired) electrons. The van der Waals surface area contributed by atoms with Gasteiger partial charge in [-0.15, -0.1) is 0 Å². The van der Waals surface area contributed by atoms with E-state index < -0.39 is 6.05 Å². The third-order valence-electron chi connectivity index (χ3n) is 3.95. The summed E-state index contributed by atoms with van der Waals surface area (Å²) >= 11 is 0. The van der Waals surface area contributed by atoms with E-state index in [0.29, 0.717) is 18.2 Å². The van der Waals surface area contributed by atoms with Crippen molar-refractivity contribution < 1.29 is 18.3 Å². The first kappa shape index (κ1) is 23.3. The van der Waals surface area contributed by atoms with E-state index >= 15 is 0 Å². The summed E-state index contributed by atoms with van der Waals surface area (Å²) in [6, 6.07) is -1.40. The van der Waals surface area contributed by atoms with E-state index in [-0.39, 0.29) is 15.5 Å². The fourth-order valence-electron chi connectivity index (χ4n) is 2.49. The zero-order chi connectivity index (χ0) is 18.0. The summed E-state index contributed by atoms with van der Waals surface area (Å²) in [4.78, 5) is 11.2. The van der Waals surface area contributed by atoms with Gasteiger partial charge in [-0.1, -0.05) is 83.3 Å². The van der Waals surface area contributed by atoms with Crippen LogP contribution in [0.4, 0.5) is 8.78 Å². The Morgan fingerprint density at radius 3 is 1.71 bits per heavy atom. The minimum atomic E-state index is -2.10. The van der Waals surface area contributed by atoms with Crippen molar-refractivity contribution in [1.29, 1.82) is 0 Å². The molecule has 0 saturated carbocycles. The Labute approximate surface area is 149 Å². The van der Waals surface area contributed by atoms with Crippen molar-refractivity contribution in [2.24, 2.45) is 0 Å². The van der Waals surface area contributed by atoms with Crippen LogP contribution in [0.1, 0.15) is 84.0 Å². The van der Waals surface area contributed by atoms with Gasteiger partial charge in [0.25, 0.3) is 0 Å². The first-order chi connectivity index (χ1) is 11.5. The van der Waals surface area contributed by atoms with Crippen LogP contribution in [0.3, 0.4) is 0 Å². The molecule has 0 bridgehead atoms. The van der Waals surface area contributed by atoms with Crippen LogP contribution in [0.5, 0.6) is 0 Å². The monoisotopic (exact) mass is 360 g/mol. The van der Waals surface area contributed by atoms with E-state index in [9.17, 15) is 13.6 Å². The van der Waals surface area contributed by atoms with Crippen molar-refractivity contribution in [3.05, 3.63) is 12.2 Å². The van der Waals surface area contributed by atoms with Gasteiger partial charge < -0.3 is 4.74 Å². The molecule has 140 valence electrons. The molecule has 0 N–H and O–H groups in total. The lowest BCUT2D eigenvalue weighted by Gasteiger charge is -2.05. The molecule has 0 spiro atoms. The summed E-state index contributed by atoms with van der Waals surface area (Å²) in [5, 5.41) is 0. The minimum Gasteiger partial charge on any atom is -0.462 e. The van der Waals surface area contributed by atoms with Gasteiger partial charge in [-0.2, -0.15) is 0 Å². The number of ether oxygens (including phenoxy) is 1. The highest BCUT2D eigenvalue weighted by Crippen LogP contribution is 2.13. The second-order valence-corrected chi connectivity index (χ2v) is 7.76. The number of rotatable bonds is 17. The van der Waals surface area contributed by atoms with Crippen LogP contribution in [0, 0.1) is 0 Å². The molecule has 0 amide bonds. The Balaban J connectivity index is 3.08. The zero-order valence-electron chi connectivity index (χ0n) is 15.3. The van der Waals surface area contributed by atoms with Crippen molar-refractivity contribution in [2.75, 3.05) is 6.61 Å². The quantitative estimate of drug-likeness (QED) is 0.135. The minimum absolute atomic E-state index is 0.164. The molecule has 24 heavy (non-hydrogen) atoms. The summed E-state index contributed by atoms with van der Waals surface area (Å²) < 4.78 is 28.9. The van der Waals surface area contributed by atoms with Crippen molar-refractivity contribution in [2.45, 2.75) is 96.1 Å². The number of hydrogen-bond acceptors (Lipinski definition) is 2. The first-order valence-electron chi connectivity index (χ1n) is 9.38. The molecule has 2 nitrogen and oxygen atoms in total.